The van der Waals surface area contributed by atoms with Crippen LogP contribution in [0.15, 0.2) is 6.20 Å². The van der Waals surface area contributed by atoms with Gasteiger partial charge < -0.3 is 9.64 Å². The Labute approximate surface area is 99.2 Å². The summed E-state index contributed by atoms with van der Waals surface area (Å²) >= 11 is 1.42. The highest BCUT2D eigenvalue weighted by atomic mass is 32.1. The van der Waals surface area contributed by atoms with Gasteiger partial charge in [-0.2, -0.15) is 0 Å². The lowest BCUT2D eigenvalue weighted by molar-refractivity contribution is 0.0606. The molecule has 0 spiro atoms. The van der Waals surface area contributed by atoms with Crippen molar-refractivity contribution in [2.45, 2.75) is 32.2 Å². The number of anilines is 1. The number of thiazole rings is 1. The fourth-order valence-electron chi connectivity index (χ4n) is 2.10. The summed E-state index contributed by atoms with van der Waals surface area (Å²) in [5, 5.41) is 0.949. The van der Waals surface area contributed by atoms with Gasteiger partial charge in [0.05, 0.1) is 13.3 Å². The van der Waals surface area contributed by atoms with Gasteiger partial charge in [0.25, 0.3) is 0 Å². The predicted molar refractivity (Wildman–Crippen MR) is 64.1 cm³/mol. The zero-order valence-corrected chi connectivity index (χ0v) is 10.4. The standard InChI is InChI=1S/C11H16N2O2S/c1-3-8-5-4-6-13(8)11-12-7-9(16-11)10(14)15-2/h7-8H,3-6H2,1-2H3. The monoisotopic (exact) mass is 240 g/mol. The van der Waals surface area contributed by atoms with Crippen LogP contribution in [0.2, 0.25) is 0 Å². The van der Waals surface area contributed by atoms with Gasteiger partial charge in [0.1, 0.15) is 4.88 Å². The molecule has 1 fully saturated rings. The van der Waals surface area contributed by atoms with Crippen molar-refractivity contribution in [2.24, 2.45) is 0 Å². The van der Waals surface area contributed by atoms with E-state index in [9.17, 15) is 4.79 Å². The lowest BCUT2D eigenvalue weighted by Crippen LogP contribution is -2.28. The first-order valence-electron chi connectivity index (χ1n) is 5.57. The average molecular weight is 240 g/mol. The lowest BCUT2D eigenvalue weighted by Gasteiger charge is -2.22. The molecule has 2 rings (SSSR count). The first-order valence-corrected chi connectivity index (χ1v) is 6.38. The van der Waals surface area contributed by atoms with E-state index >= 15 is 0 Å². The van der Waals surface area contributed by atoms with Crippen LogP contribution in [0.4, 0.5) is 5.13 Å². The molecule has 88 valence electrons. The Hall–Kier alpha value is -1.10. The van der Waals surface area contributed by atoms with E-state index in [1.54, 1.807) is 6.20 Å². The Morgan fingerprint density at radius 1 is 1.75 bits per heavy atom. The van der Waals surface area contributed by atoms with Gasteiger partial charge in [-0.3, -0.25) is 0 Å². The number of esters is 1. The topological polar surface area (TPSA) is 42.4 Å². The van der Waals surface area contributed by atoms with Crippen LogP contribution in [0.5, 0.6) is 0 Å². The molecule has 1 unspecified atom stereocenters. The second-order valence-electron chi connectivity index (χ2n) is 3.90. The van der Waals surface area contributed by atoms with E-state index in [0.717, 1.165) is 18.1 Å². The molecule has 4 nitrogen and oxygen atoms in total. The number of ether oxygens (including phenoxy) is 1. The first-order chi connectivity index (χ1) is 7.76. The second kappa shape index (κ2) is 4.82. The number of carbonyl (C=O) groups excluding carboxylic acids is 1. The van der Waals surface area contributed by atoms with Crippen LogP contribution in [-0.2, 0) is 4.74 Å². The van der Waals surface area contributed by atoms with Crippen molar-refractivity contribution >= 4 is 22.4 Å². The Kier molecular flexibility index (Phi) is 3.43. The highest BCUT2D eigenvalue weighted by molar-refractivity contribution is 7.17. The molecule has 0 aromatic carbocycles. The van der Waals surface area contributed by atoms with Crippen LogP contribution < -0.4 is 4.90 Å². The molecule has 0 amide bonds. The molecule has 0 bridgehead atoms. The molecule has 0 saturated carbocycles. The number of rotatable bonds is 3. The summed E-state index contributed by atoms with van der Waals surface area (Å²) in [7, 11) is 1.40. The summed E-state index contributed by atoms with van der Waals surface area (Å²) in [6.45, 7) is 3.24. The Balaban J connectivity index is 2.15. The third-order valence-corrected chi connectivity index (χ3v) is 3.99. The molecule has 16 heavy (non-hydrogen) atoms. The molecular formula is C11H16N2O2S. The van der Waals surface area contributed by atoms with Crippen molar-refractivity contribution in [3.05, 3.63) is 11.1 Å². The summed E-state index contributed by atoms with van der Waals surface area (Å²) in [5.41, 5.74) is 0. The van der Waals surface area contributed by atoms with Gasteiger partial charge in [-0.05, 0) is 19.3 Å². The summed E-state index contributed by atoms with van der Waals surface area (Å²) in [6.07, 6.45) is 5.18. The van der Waals surface area contributed by atoms with Crippen LogP contribution in [0.25, 0.3) is 0 Å². The average Bonchev–Trinajstić information content (AvgIpc) is 2.95. The van der Waals surface area contributed by atoms with Gasteiger partial charge in [0.2, 0.25) is 0 Å². The van der Waals surface area contributed by atoms with Gasteiger partial charge in [-0.1, -0.05) is 18.3 Å². The maximum atomic E-state index is 11.3. The predicted octanol–water partition coefficient (Wildman–Crippen LogP) is 2.31. The SMILES string of the molecule is CCC1CCCN1c1ncc(C(=O)OC)s1. The maximum absolute atomic E-state index is 11.3. The highest BCUT2D eigenvalue weighted by Gasteiger charge is 2.26. The molecule has 0 aliphatic carbocycles. The van der Waals surface area contributed by atoms with E-state index in [-0.39, 0.29) is 5.97 Å². The third kappa shape index (κ3) is 2.04. The molecule has 0 radical (unpaired) electrons. The fourth-order valence-corrected chi connectivity index (χ4v) is 3.04. The fraction of sp³-hybridized carbons (Fsp3) is 0.636. The molecule has 1 saturated heterocycles. The van der Waals surface area contributed by atoms with E-state index in [4.69, 9.17) is 0 Å². The van der Waals surface area contributed by atoms with Crippen molar-refractivity contribution in [1.82, 2.24) is 4.98 Å². The van der Waals surface area contributed by atoms with E-state index in [1.807, 2.05) is 0 Å². The second-order valence-corrected chi connectivity index (χ2v) is 4.91. The maximum Gasteiger partial charge on any atom is 0.349 e. The van der Waals surface area contributed by atoms with E-state index < -0.39 is 0 Å². The van der Waals surface area contributed by atoms with Crippen molar-refractivity contribution in [2.75, 3.05) is 18.6 Å². The minimum Gasteiger partial charge on any atom is -0.465 e. The first kappa shape index (κ1) is 11.4. The van der Waals surface area contributed by atoms with Gasteiger partial charge >= 0.3 is 5.97 Å². The summed E-state index contributed by atoms with van der Waals surface area (Å²) in [5.74, 6) is -0.295. The molecule has 0 N–H and O–H groups in total. The summed E-state index contributed by atoms with van der Waals surface area (Å²) in [6, 6.07) is 0.580. The minimum atomic E-state index is -0.295. The van der Waals surface area contributed by atoms with Crippen LogP contribution in [0.1, 0.15) is 35.9 Å². The van der Waals surface area contributed by atoms with E-state index in [0.29, 0.717) is 10.9 Å². The lowest BCUT2D eigenvalue weighted by atomic mass is 10.2. The number of methoxy groups -OCH3 is 1. The normalized spacial score (nSPS) is 20.1. The molecular weight excluding hydrogens is 224 g/mol. The zero-order valence-electron chi connectivity index (χ0n) is 9.60. The number of hydrogen-bond acceptors (Lipinski definition) is 5. The number of carbonyl (C=O) groups is 1. The van der Waals surface area contributed by atoms with Gasteiger partial charge in [0, 0.05) is 12.6 Å². The Bertz CT molecular complexity index is 378. The molecule has 1 aliphatic rings. The molecule has 1 aromatic heterocycles. The largest absolute Gasteiger partial charge is 0.465 e. The zero-order chi connectivity index (χ0) is 11.5. The molecule has 1 aliphatic heterocycles. The smallest absolute Gasteiger partial charge is 0.349 e. The van der Waals surface area contributed by atoms with Crippen LogP contribution in [0.3, 0.4) is 0 Å². The van der Waals surface area contributed by atoms with Crippen LogP contribution >= 0.6 is 11.3 Å². The Morgan fingerprint density at radius 2 is 2.56 bits per heavy atom. The highest BCUT2D eigenvalue weighted by Crippen LogP contribution is 2.30. The van der Waals surface area contributed by atoms with Crippen LogP contribution in [-0.4, -0.2) is 30.6 Å². The van der Waals surface area contributed by atoms with Gasteiger partial charge in [-0.25, -0.2) is 9.78 Å². The number of nitrogens with zero attached hydrogens (tertiary/aromatic N) is 2. The van der Waals surface area contributed by atoms with Crippen LogP contribution in [0, 0.1) is 0 Å². The number of hydrogen-bond donors (Lipinski definition) is 0. The van der Waals surface area contributed by atoms with Crippen molar-refractivity contribution < 1.29 is 9.53 Å². The van der Waals surface area contributed by atoms with Crippen molar-refractivity contribution in [1.29, 1.82) is 0 Å². The molecule has 1 aromatic rings. The van der Waals surface area contributed by atoms with E-state index in [1.165, 1.54) is 31.3 Å². The minimum absolute atomic E-state index is 0.295. The van der Waals surface area contributed by atoms with Gasteiger partial charge in [-0.15, -0.1) is 0 Å². The molecule has 1 atom stereocenters. The third-order valence-electron chi connectivity index (χ3n) is 2.97. The van der Waals surface area contributed by atoms with Crippen molar-refractivity contribution in [3.8, 4) is 0 Å². The molecule has 2 heterocycles. The number of aromatic nitrogens is 1. The molecule has 5 heteroatoms. The quantitative estimate of drug-likeness (QED) is 0.760. The Morgan fingerprint density at radius 3 is 3.25 bits per heavy atom. The summed E-state index contributed by atoms with van der Waals surface area (Å²) in [4.78, 5) is 18.5. The summed E-state index contributed by atoms with van der Waals surface area (Å²) < 4.78 is 4.68. The van der Waals surface area contributed by atoms with Gasteiger partial charge in [0.15, 0.2) is 5.13 Å². The van der Waals surface area contributed by atoms with E-state index in [2.05, 4.69) is 21.5 Å². The van der Waals surface area contributed by atoms with Crippen molar-refractivity contribution in [3.63, 3.8) is 0 Å².